The van der Waals surface area contributed by atoms with Crippen molar-refractivity contribution in [1.29, 1.82) is 0 Å². The van der Waals surface area contributed by atoms with Crippen LogP contribution < -0.4 is 10.6 Å². The molecule has 2 heterocycles. The fourth-order valence-corrected chi connectivity index (χ4v) is 4.62. The number of hydrogen-bond acceptors (Lipinski definition) is 4. The van der Waals surface area contributed by atoms with Crippen molar-refractivity contribution in [3.63, 3.8) is 0 Å². The van der Waals surface area contributed by atoms with Crippen LogP contribution in [0.5, 0.6) is 0 Å². The monoisotopic (exact) mass is 462 g/mol. The molecule has 2 aliphatic rings. The van der Waals surface area contributed by atoms with Crippen LogP contribution in [0.1, 0.15) is 65.7 Å². The fraction of sp³-hybridized carbons (Fsp3) is 0.444. The second-order valence-electron chi connectivity index (χ2n) is 9.12. The molecular weight excluding hydrogens is 428 g/mol. The van der Waals surface area contributed by atoms with Gasteiger partial charge < -0.3 is 20.4 Å². The second-order valence-corrected chi connectivity index (χ2v) is 9.12. The second kappa shape index (κ2) is 11.7. The third kappa shape index (κ3) is 6.37. The van der Waals surface area contributed by atoms with E-state index in [0.717, 1.165) is 57.5 Å². The molecule has 0 saturated carbocycles. The van der Waals surface area contributed by atoms with Crippen LogP contribution in [0.4, 0.5) is 11.4 Å². The smallest absolute Gasteiger partial charge is 0.253 e. The molecule has 4 rings (SSSR count). The van der Waals surface area contributed by atoms with E-state index in [-0.39, 0.29) is 24.3 Å². The first-order valence-corrected chi connectivity index (χ1v) is 12.4. The van der Waals surface area contributed by atoms with Gasteiger partial charge in [-0.1, -0.05) is 25.0 Å². The summed E-state index contributed by atoms with van der Waals surface area (Å²) in [4.78, 5) is 41.9. The molecule has 2 saturated heterocycles. The maximum atomic E-state index is 12.9. The van der Waals surface area contributed by atoms with Crippen LogP contribution in [0.3, 0.4) is 0 Å². The largest absolute Gasteiger partial charge is 0.376 e. The number of rotatable bonds is 6. The topological polar surface area (TPSA) is 81.8 Å². The highest BCUT2D eigenvalue weighted by molar-refractivity contribution is 5.98. The normalized spacial score (nSPS) is 16.5. The molecule has 0 bridgehead atoms. The lowest BCUT2D eigenvalue weighted by Crippen LogP contribution is -2.35. The zero-order valence-corrected chi connectivity index (χ0v) is 19.7. The number of carbonyl (C=O) groups excluding carboxylic acids is 3. The molecule has 2 N–H and O–H groups in total. The Morgan fingerprint density at radius 1 is 0.647 bits per heavy atom. The van der Waals surface area contributed by atoms with Gasteiger partial charge in [-0.25, -0.2) is 0 Å². The number of nitrogens with zero attached hydrogens (tertiary/aromatic N) is 2. The van der Waals surface area contributed by atoms with Crippen molar-refractivity contribution in [2.45, 2.75) is 44.9 Å². The predicted molar refractivity (Wildman–Crippen MR) is 134 cm³/mol. The maximum Gasteiger partial charge on any atom is 0.253 e. The number of benzene rings is 2. The Balaban J connectivity index is 1.31. The Morgan fingerprint density at radius 3 is 1.68 bits per heavy atom. The quantitative estimate of drug-likeness (QED) is 0.668. The molecule has 0 unspecified atom stereocenters. The van der Waals surface area contributed by atoms with Crippen LogP contribution in [0.15, 0.2) is 48.5 Å². The molecule has 0 spiro atoms. The Hall–Kier alpha value is -3.35. The van der Waals surface area contributed by atoms with E-state index in [1.54, 1.807) is 30.3 Å². The number of hydrogen-bond donors (Lipinski definition) is 2. The van der Waals surface area contributed by atoms with Gasteiger partial charge in [0.05, 0.1) is 6.54 Å². The van der Waals surface area contributed by atoms with E-state index in [2.05, 4.69) is 10.6 Å². The summed E-state index contributed by atoms with van der Waals surface area (Å²) in [6.45, 7) is 3.25. The SMILES string of the molecule is O=C(CNc1cccc(C(=O)N2CCCCCC2)c1)Nc1cccc(C(=O)N2CCCCC2)c1. The van der Waals surface area contributed by atoms with Gasteiger partial charge in [0, 0.05) is 48.7 Å². The Morgan fingerprint density at radius 2 is 1.12 bits per heavy atom. The zero-order valence-electron chi connectivity index (χ0n) is 19.7. The molecule has 7 heteroatoms. The van der Waals surface area contributed by atoms with Gasteiger partial charge >= 0.3 is 0 Å². The summed E-state index contributed by atoms with van der Waals surface area (Å²) in [5, 5.41) is 5.97. The molecule has 34 heavy (non-hydrogen) atoms. The fourth-order valence-electron chi connectivity index (χ4n) is 4.62. The van der Waals surface area contributed by atoms with E-state index in [9.17, 15) is 14.4 Å². The maximum absolute atomic E-state index is 12.9. The Labute approximate surface area is 201 Å². The predicted octanol–water partition coefficient (Wildman–Crippen LogP) is 4.38. The summed E-state index contributed by atoms with van der Waals surface area (Å²) >= 11 is 0. The molecule has 0 atom stereocenters. The highest BCUT2D eigenvalue weighted by Crippen LogP contribution is 2.18. The van der Waals surface area contributed by atoms with Gasteiger partial charge in [-0.2, -0.15) is 0 Å². The number of likely N-dealkylation sites (tertiary alicyclic amines) is 2. The van der Waals surface area contributed by atoms with Crippen molar-refractivity contribution in [2.24, 2.45) is 0 Å². The van der Waals surface area contributed by atoms with Gasteiger partial charge in [0.15, 0.2) is 0 Å². The summed E-state index contributed by atoms with van der Waals surface area (Å²) < 4.78 is 0. The molecular formula is C27H34N4O3. The standard InChI is InChI=1S/C27H34N4O3/c32-25(29-24-13-9-11-22(19-24)27(34)31-16-6-3-7-17-31)20-28-23-12-8-10-21(18-23)26(33)30-14-4-1-2-5-15-30/h8-13,18-19,28H,1-7,14-17,20H2,(H,29,32). The first-order valence-electron chi connectivity index (χ1n) is 12.4. The summed E-state index contributed by atoms with van der Waals surface area (Å²) in [6.07, 6.45) is 7.70. The first kappa shape index (κ1) is 23.8. The Bertz CT molecular complexity index is 1010. The van der Waals surface area contributed by atoms with Gasteiger partial charge in [-0.15, -0.1) is 0 Å². The molecule has 0 aliphatic carbocycles. The van der Waals surface area contributed by atoms with Crippen molar-refractivity contribution in [3.05, 3.63) is 59.7 Å². The average Bonchev–Trinajstić information content (AvgIpc) is 3.17. The van der Waals surface area contributed by atoms with Crippen LogP contribution in [-0.2, 0) is 4.79 Å². The molecule has 2 aliphatic heterocycles. The molecule has 3 amide bonds. The van der Waals surface area contributed by atoms with Gasteiger partial charge in [0.25, 0.3) is 11.8 Å². The minimum Gasteiger partial charge on any atom is -0.376 e. The van der Waals surface area contributed by atoms with Crippen molar-refractivity contribution < 1.29 is 14.4 Å². The van der Waals surface area contributed by atoms with Crippen molar-refractivity contribution in [3.8, 4) is 0 Å². The van der Waals surface area contributed by atoms with Crippen LogP contribution in [0.2, 0.25) is 0 Å². The summed E-state index contributed by atoms with van der Waals surface area (Å²) in [7, 11) is 0. The van der Waals surface area contributed by atoms with E-state index < -0.39 is 0 Å². The minimum absolute atomic E-state index is 0.0137. The first-order chi connectivity index (χ1) is 16.6. The average molecular weight is 463 g/mol. The molecule has 2 fully saturated rings. The summed E-state index contributed by atoms with van der Waals surface area (Å²) in [5.41, 5.74) is 2.55. The third-order valence-electron chi connectivity index (χ3n) is 6.49. The molecule has 0 radical (unpaired) electrons. The van der Waals surface area contributed by atoms with E-state index in [1.807, 2.05) is 28.0 Å². The van der Waals surface area contributed by atoms with Crippen LogP contribution in [0, 0.1) is 0 Å². The number of piperidine rings is 1. The zero-order chi connectivity index (χ0) is 23.8. The van der Waals surface area contributed by atoms with Crippen LogP contribution in [-0.4, -0.2) is 60.2 Å². The Kier molecular flexibility index (Phi) is 8.17. The molecule has 2 aromatic carbocycles. The van der Waals surface area contributed by atoms with Crippen molar-refractivity contribution in [1.82, 2.24) is 9.80 Å². The number of amides is 3. The lowest BCUT2D eigenvalue weighted by molar-refractivity contribution is -0.114. The lowest BCUT2D eigenvalue weighted by Gasteiger charge is -2.26. The van der Waals surface area contributed by atoms with Crippen LogP contribution in [0.25, 0.3) is 0 Å². The molecule has 2 aromatic rings. The van der Waals surface area contributed by atoms with Gasteiger partial charge in [-0.3, -0.25) is 14.4 Å². The number of carbonyl (C=O) groups is 3. The highest BCUT2D eigenvalue weighted by atomic mass is 16.2. The number of nitrogens with one attached hydrogen (secondary N) is 2. The van der Waals surface area contributed by atoms with Gasteiger partial charge in [0.2, 0.25) is 5.91 Å². The van der Waals surface area contributed by atoms with Gasteiger partial charge in [-0.05, 0) is 68.5 Å². The van der Waals surface area contributed by atoms with E-state index >= 15 is 0 Å². The minimum atomic E-state index is -0.216. The molecule has 7 nitrogen and oxygen atoms in total. The molecule has 0 aromatic heterocycles. The van der Waals surface area contributed by atoms with E-state index in [4.69, 9.17) is 0 Å². The lowest BCUT2D eigenvalue weighted by atomic mass is 10.1. The van der Waals surface area contributed by atoms with Crippen LogP contribution >= 0.6 is 0 Å². The van der Waals surface area contributed by atoms with Gasteiger partial charge in [0.1, 0.15) is 0 Å². The summed E-state index contributed by atoms with van der Waals surface area (Å²) in [6, 6.07) is 14.4. The molecule has 180 valence electrons. The van der Waals surface area contributed by atoms with Crippen molar-refractivity contribution >= 4 is 29.1 Å². The third-order valence-corrected chi connectivity index (χ3v) is 6.49. The van der Waals surface area contributed by atoms with E-state index in [1.165, 1.54) is 19.3 Å². The van der Waals surface area contributed by atoms with E-state index in [0.29, 0.717) is 16.8 Å². The van der Waals surface area contributed by atoms with Crippen molar-refractivity contribution in [2.75, 3.05) is 43.4 Å². The summed E-state index contributed by atoms with van der Waals surface area (Å²) in [5.74, 6) is -0.156. The number of anilines is 2. The highest BCUT2D eigenvalue weighted by Gasteiger charge is 2.19.